The van der Waals surface area contributed by atoms with E-state index in [4.69, 9.17) is 4.74 Å². The zero-order valence-corrected chi connectivity index (χ0v) is 10.8. The molecule has 0 radical (unpaired) electrons. The van der Waals surface area contributed by atoms with Gasteiger partial charge >= 0.3 is 0 Å². The molecular weight excluding hydrogens is 212 g/mol. The maximum absolute atomic E-state index is 5.41. The van der Waals surface area contributed by atoms with E-state index >= 15 is 0 Å². The highest BCUT2D eigenvalue weighted by atomic mass is 16.5. The Labute approximate surface area is 104 Å². The van der Waals surface area contributed by atoms with Crippen molar-refractivity contribution >= 4 is 0 Å². The van der Waals surface area contributed by atoms with Crippen molar-refractivity contribution < 1.29 is 4.74 Å². The maximum atomic E-state index is 5.41. The van der Waals surface area contributed by atoms with Crippen molar-refractivity contribution in [2.45, 2.75) is 25.9 Å². The van der Waals surface area contributed by atoms with Gasteiger partial charge < -0.3 is 10.1 Å². The Balaban J connectivity index is 2.07. The van der Waals surface area contributed by atoms with Gasteiger partial charge in [-0.3, -0.25) is 4.90 Å². The van der Waals surface area contributed by atoms with Gasteiger partial charge in [-0.05, 0) is 26.0 Å². The third kappa shape index (κ3) is 3.20. The standard InChI is InChI=1S/C14H22N2O/c1-12-7-8-15-9-10-16(12)11-13-5-3-4-6-14(13)17-2/h3-6,12,15H,7-11H2,1-2H3. The van der Waals surface area contributed by atoms with Crippen LogP contribution in [0.5, 0.6) is 5.75 Å². The van der Waals surface area contributed by atoms with Crippen LogP contribution in [0.25, 0.3) is 0 Å². The molecule has 0 saturated carbocycles. The van der Waals surface area contributed by atoms with E-state index < -0.39 is 0 Å². The minimum Gasteiger partial charge on any atom is -0.496 e. The van der Waals surface area contributed by atoms with Crippen LogP contribution in [0.1, 0.15) is 18.9 Å². The van der Waals surface area contributed by atoms with E-state index in [2.05, 4.69) is 29.3 Å². The second-order valence-corrected chi connectivity index (χ2v) is 4.67. The largest absolute Gasteiger partial charge is 0.496 e. The van der Waals surface area contributed by atoms with Gasteiger partial charge in [0, 0.05) is 31.2 Å². The fraction of sp³-hybridized carbons (Fsp3) is 0.571. The number of methoxy groups -OCH3 is 1. The summed E-state index contributed by atoms with van der Waals surface area (Å²) in [6, 6.07) is 8.93. The van der Waals surface area contributed by atoms with Crippen molar-refractivity contribution in [3.05, 3.63) is 29.8 Å². The first-order chi connectivity index (χ1) is 8.31. The minimum absolute atomic E-state index is 0.634. The molecule has 1 N–H and O–H groups in total. The average molecular weight is 234 g/mol. The fourth-order valence-electron chi connectivity index (χ4n) is 2.35. The normalized spacial score (nSPS) is 22.1. The summed E-state index contributed by atoms with van der Waals surface area (Å²) in [5.74, 6) is 0.997. The van der Waals surface area contributed by atoms with Gasteiger partial charge in [0.1, 0.15) is 5.75 Å². The number of ether oxygens (including phenoxy) is 1. The number of nitrogens with zero attached hydrogens (tertiary/aromatic N) is 1. The lowest BCUT2D eigenvalue weighted by molar-refractivity contribution is 0.209. The van der Waals surface area contributed by atoms with Crippen molar-refractivity contribution in [2.75, 3.05) is 26.7 Å². The molecule has 0 bridgehead atoms. The molecule has 1 heterocycles. The highest BCUT2D eigenvalue weighted by molar-refractivity contribution is 5.33. The Hall–Kier alpha value is -1.06. The Morgan fingerprint density at radius 1 is 1.35 bits per heavy atom. The second-order valence-electron chi connectivity index (χ2n) is 4.67. The zero-order valence-electron chi connectivity index (χ0n) is 10.8. The Morgan fingerprint density at radius 2 is 2.18 bits per heavy atom. The van der Waals surface area contributed by atoms with Crippen molar-refractivity contribution in [3.8, 4) is 5.75 Å². The minimum atomic E-state index is 0.634. The molecule has 0 spiro atoms. The molecule has 3 nitrogen and oxygen atoms in total. The van der Waals surface area contributed by atoms with Crippen molar-refractivity contribution in [3.63, 3.8) is 0 Å². The molecule has 1 aliphatic heterocycles. The molecule has 1 aromatic carbocycles. The SMILES string of the molecule is COc1ccccc1CN1CCNCCC1C. The van der Waals surface area contributed by atoms with Crippen molar-refractivity contribution in [2.24, 2.45) is 0 Å². The van der Waals surface area contributed by atoms with Crippen LogP contribution in [-0.2, 0) is 6.54 Å². The quantitative estimate of drug-likeness (QED) is 0.864. The molecule has 0 aromatic heterocycles. The van der Waals surface area contributed by atoms with Gasteiger partial charge in [-0.2, -0.15) is 0 Å². The molecule has 1 saturated heterocycles. The molecule has 0 amide bonds. The Morgan fingerprint density at radius 3 is 3.00 bits per heavy atom. The number of rotatable bonds is 3. The number of hydrogen-bond acceptors (Lipinski definition) is 3. The lowest BCUT2D eigenvalue weighted by atomic mass is 10.1. The van der Waals surface area contributed by atoms with E-state index in [1.54, 1.807) is 7.11 Å². The summed E-state index contributed by atoms with van der Waals surface area (Å²) >= 11 is 0. The van der Waals surface area contributed by atoms with Crippen LogP contribution in [0, 0.1) is 0 Å². The summed E-state index contributed by atoms with van der Waals surface area (Å²) in [5.41, 5.74) is 1.28. The molecule has 2 rings (SSSR count). The summed E-state index contributed by atoms with van der Waals surface area (Å²) in [6.07, 6.45) is 1.22. The number of hydrogen-bond donors (Lipinski definition) is 1. The van der Waals surface area contributed by atoms with Crippen LogP contribution in [0.3, 0.4) is 0 Å². The molecule has 1 aliphatic rings. The van der Waals surface area contributed by atoms with Gasteiger partial charge in [-0.1, -0.05) is 18.2 Å². The van der Waals surface area contributed by atoms with E-state index in [-0.39, 0.29) is 0 Å². The lowest BCUT2D eigenvalue weighted by Gasteiger charge is -2.27. The first-order valence-electron chi connectivity index (χ1n) is 6.38. The van der Waals surface area contributed by atoms with Crippen LogP contribution in [-0.4, -0.2) is 37.7 Å². The smallest absolute Gasteiger partial charge is 0.123 e. The molecular formula is C14H22N2O. The Kier molecular flexibility index (Phi) is 4.40. The zero-order chi connectivity index (χ0) is 12.1. The second kappa shape index (κ2) is 6.03. The number of para-hydroxylation sites is 1. The van der Waals surface area contributed by atoms with Gasteiger partial charge in [-0.15, -0.1) is 0 Å². The molecule has 1 atom stereocenters. The summed E-state index contributed by atoms with van der Waals surface area (Å²) in [6.45, 7) is 6.61. The molecule has 1 unspecified atom stereocenters. The van der Waals surface area contributed by atoms with Crippen LogP contribution in [0.2, 0.25) is 0 Å². The lowest BCUT2D eigenvalue weighted by Crippen LogP contribution is -2.33. The third-order valence-electron chi connectivity index (χ3n) is 3.50. The summed E-state index contributed by atoms with van der Waals surface area (Å²) in [7, 11) is 1.74. The first kappa shape index (κ1) is 12.4. The van der Waals surface area contributed by atoms with Crippen LogP contribution < -0.4 is 10.1 Å². The Bertz CT molecular complexity index is 354. The van der Waals surface area contributed by atoms with Gasteiger partial charge in [-0.25, -0.2) is 0 Å². The highest BCUT2D eigenvalue weighted by Gasteiger charge is 2.17. The molecule has 1 aromatic rings. The molecule has 17 heavy (non-hydrogen) atoms. The van der Waals surface area contributed by atoms with E-state index in [1.807, 2.05) is 12.1 Å². The van der Waals surface area contributed by atoms with Crippen LogP contribution >= 0.6 is 0 Å². The average Bonchev–Trinajstić information content (AvgIpc) is 2.56. The highest BCUT2D eigenvalue weighted by Crippen LogP contribution is 2.21. The predicted octanol–water partition coefficient (Wildman–Crippen LogP) is 1.88. The third-order valence-corrected chi connectivity index (χ3v) is 3.50. The number of nitrogens with one attached hydrogen (secondary N) is 1. The monoisotopic (exact) mass is 234 g/mol. The van der Waals surface area contributed by atoms with Crippen molar-refractivity contribution in [1.29, 1.82) is 0 Å². The van der Waals surface area contributed by atoms with E-state index in [0.29, 0.717) is 6.04 Å². The molecule has 94 valence electrons. The van der Waals surface area contributed by atoms with Crippen molar-refractivity contribution in [1.82, 2.24) is 10.2 Å². The van der Waals surface area contributed by atoms with E-state index in [1.165, 1.54) is 12.0 Å². The van der Waals surface area contributed by atoms with Gasteiger partial charge in [0.15, 0.2) is 0 Å². The maximum Gasteiger partial charge on any atom is 0.123 e. The summed E-state index contributed by atoms with van der Waals surface area (Å²) in [4.78, 5) is 2.53. The summed E-state index contributed by atoms with van der Waals surface area (Å²) in [5, 5.41) is 3.45. The van der Waals surface area contributed by atoms with Gasteiger partial charge in [0.05, 0.1) is 7.11 Å². The number of benzene rings is 1. The predicted molar refractivity (Wildman–Crippen MR) is 70.4 cm³/mol. The molecule has 3 heteroatoms. The van der Waals surface area contributed by atoms with Gasteiger partial charge in [0.25, 0.3) is 0 Å². The fourth-order valence-corrected chi connectivity index (χ4v) is 2.35. The van der Waals surface area contributed by atoms with Crippen LogP contribution in [0.15, 0.2) is 24.3 Å². The van der Waals surface area contributed by atoms with E-state index in [9.17, 15) is 0 Å². The molecule has 0 aliphatic carbocycles. The van der Waals surface area contributed by atoms with E-state index in [0.717, 1.165) is 31.9 Å². The topological polar surface area (TPSA) is 24.5 Å². The first-order valence-corrected chi connectivity index (χ1v) is 6.38. The molecule has 1 fully saturated rings. The summed E-state index contributed by atoms with van der Waals surface area (Å²) < 4.78 is 5.41. The van der Waals surface area contributed by atoms with Gasteiger partial charge in [0.2, 0.25) is 0 Å². The van der Waals surface area contributed by atoms with Crippen LogP contribution in [0.4, 0.5) is 0 Å².